The second-order valence-electron chi connectivity index (χ2n) is 5.23. The lowest BCUT2D eigenvalue weighted by molar-refractivity contribution is 0.642. The summed E-state index contributed by atoms with van der Waals surface area (Å²) in [7, 11) is -0.840. The fourth-order valence-electron chi connectivity index (χ4n) is 1.43. The van der Waals surface area contributed by atoms with Gasteiger partial charge in [0.1, 0.15) is 0 Å². The molecule has 1 nitrogen and oxygen atoms in total. The van der Waals surface area contributed by atoms with E-state index in [0.29, 0.717) is 10.8 Å². The molecule has 2 atom stereocenters. The molecule has 0 amide bonds. The van der Waals surface area contributed by atoms with Crippen LogP contribution in [0.3, 0.4) is 0 Å². The summed E-state index contributed by atoms with van der Waals surface area (Å²) < 4.78 is 12.9. The van der Waals surface area contributed by atoms with Gasteiger partial charge in [0.25, 0.3) is 0 Å². The highest BCUT2D eigenvalue weighted by atomic mass is 79.9. The van der Waals surface area contributed by atoms with Gasteiger partial charge in [0.15, 0.2) is 0 Å². The molecule has 0 bridgehead atoms. The van der Waals surface area contributed by atoms with Crippen LogP contribution in [-0.2, 0) is 10.8 Å². The van der Waals surface area contributed by atoms with Crippen LogP contribution in [0.5, 0.6) is 0 Å². The van der Waals surface area contributed by atoms with Gasteiger partial charge in [-0.15, -0.1) is 0 Å². The first-order valence-electron chi connectivity index (χ1n) is 5.54. The van der Waals surface area contributed by atoms with E-state index in [0.717, 1.165) is 10.0 Å². The van der Waals surface area contributed by atoms with Gasteiger partial charge < -0.3 is 0 Å². The molecule has 1 rings (SSSR count). The van der Waals surface area contributed by atoms with Gasteiger partial charge in [-0.3, -0.25) is 4.21 Å². The number of hydrogen-bond donors (Lipinski definition) is 0. The second-order valence-corrected chi connectivity index (χ2v) is 8.83. The molecule has 1 aromatic rings. The molecular formula is C13H18BrClOS. The van der Waals surface area contributed by atoms with E-state index >= 15 is 0 Å². The van der Waals surface area contributed by atoms with E-state index in [9.17, 15) is 4.21 Å². The first kappa shape index (κ1) is 15.2. The molecule has 0 fully saturated rings. The summed E-state index contributed by atoms with van der Waals surface area (Å²) in [4.78, 5) is 0. The monoisotopic (exact) mass is 336 g/mol. The molecular weight excluding hydrogens is 320 g/mol. The Bertz CT molecular complexity index is 406. The minimum Gasteiger partial charge on any atom is -0.259 e. The van der Waals surface area contributed by atoms with Crippen LogP contribution in [-0.4, -0.2) is 14.7 Å². The smallest absolute Gasteiger partial charge is 0.0420 e. The van der Waals surface area contributed by atoms with Crippen molar-refractivity contribution in [1.82, 2.24) is 0 Å². The summed E-state index contributed by atoms with van der Waals surface area (Å²) in [5, 5.41) is 0.711. The van der Waals surface area contributed by atoms with Gasteiger partial charge in [-0.1, -0.05) is 34.5 Å². The first-order chi connectivity index (χ1) is 7.70. The van der Waals surface area contributed by atoms with Crippen LogP contribution in [0.2, 0.25) is 5.02 Å². The molecule has 1 aromatic carbocycles. The molecule has 0 heterocycles. The first-order valence-corrected chi connectivity index (χ1v) is 8.03. The lowest BCUT2D eigenvalue weighted by Gasteiger charge is -2.21. The van der Waals surface area contributed by atoms with Crippen molar-refractivity contribution < 1.29 is 4.21 Å². The largest absolute Gasteiger partial charge is 0.259 e. The topological polar surface area (TPSA) is 17.1 Å². The van der Waals surface area contributed by atoms with Gasteiger partial charge in [-0.25, -0.2) is 0 Å². The molecule has 0 unspecified atom stereocenters. The Morgan fingerprint density at radius 1 is 1.35 bits per heavy atom. The Balaban J connectivity index is 2.83. The summed E-state index contributed by atoms with van der Waals surface area (Å²) >= 11 is 9.44. The molecule has 0 aliphatic rings. The lowest BCUT2D eigenvalue weighted by Crippen LogP contribution is -2.26. The molecule has 0 N–H and O–H groups in total. The van der Waals surface area contributed by atoms with E-state index in [1.807, 2.05) is 39.0 Å². The highest BCUT2D eigenvalue weighted by molar-refractivity contribution is 9.10. The highest BCUT2D eigenvalue weighted by Crippen LogP contribution is 2.27. The van der Waals surface area contributed by atoms with Crippen molar-refractivity contribution in [3.05, 3.63) is 33.3 Å². The van der Waals surface area contributed by atoms with E-state index in [-0.39, 0.29) is 10.7 Å². The van der Waals surface area contributed by atoms with Gasteiger partial charge in [-0.05, 0) is 50.5 Å². The van der Waals surface area contributed by atoms with E-state index in [4.69, 9.17) is 11.6 Å². The number of benzene rings is 1. The molecule has 96 valence electrons. The van der Waals surface area contributed by atoms with Crippen molar-refractivity contribution in [1.29, 1.82) is 0 Å². The summed E-state index contributed by atoms with van der Waals surface area (Å²) in [5.41, 5.74) is 1.13. The molecule has 0 spiro atoms. The predicted octanol–water partition coefficient (Wildman–Crippen LogP) is 4.75. The summed E-state index contributed by atoms with van der Waals surface area (Å²) in [6.45, 7) is 8.10. The van der Waals surface area contributed by atoms with Crippen LogP contribution in [0.1, 0.15) is 39.2 Å². The summed E-state index contributed by atoms with van der Waals surface area (Å²) in [6, 6.07) is 5.84. The summed E-state index contributed by atoms with van der Waals surface area (Å²) in [6.07, 6.45) is 0. The van der Waals surface area contributed by atoms with Gasteiger partial charge in [0.05, 0.1) is 0 Å². The maximum absolute atomic E-state index is 12.1. The van der Waals surface area contributed by atoms with Crippen molar-refractivity contribution in [3.8, 4) is 0 Å². The molecule has 17 heavy (non-hydrogen) atoms. The Labute approximate surface area is 120 Å². The number of hydrogen-bond acceptors (Lipinski definition) is 1. The number of halogens is 2. The number of rotatable bonds is 3. The fourth-order valence-corrected chi connectivity index (χ4v) is 3.47. The Hall–Kier alpha value is 0.140. The second kappa shape index (κ2) is 5.85. The van der Waals surface area contributed by atoms with Crippen molar-refractivity contribution in [2.24, 2.45) is 0 Å². The molecule has 0 aliphatic heterocycles. The SMILES string of the molecule is C[C@H](C[S@](=O)C(C)(C)C)c1cc(Cl)cc(Br)c1. The van der Waals surface area contributed by atoms with E-state index in [2.05, 4.69) is 22.9 Å². The van der Waals surface area contributed by atoms with Gasteiger partial charge in [0, 0.05) is 30.8 Å². The molecule has 0 saturated heterocycles. The van der Waals surface area contributed by atoms with Gasteiger partial charge in [0.2, 0.25) is 0 Å². The quantitative estimate of drug-likeness (QED) is 0.777. The average molecular weight is 338 g/mol. The van der Waals surface area contributed by atoms with Crippen LogP contribution < -0.4 is 0 Å². The van der Waals surface area contributed by atoms with Crippen LogP contribution in [0, 0.1) is 0 Å². The highest BCUT2D eigenvalue weighted by Gasteiger charge is 2.22. The fraction of sp³-hybridized carbons (Fsp3) is 0.538. The van der Waals surface area contributed by atoms with E-state index in [1.54, 1.807) is 0 Å². The standard InChI is InChI=1S/C13H18BrClOS/c1-9(8-17(16)13(2,3)4)10-5-11(14)7-12(15)6-10/h5-7,9H,8H2,1-4H3/t9-,17+/m1/s1. The third-order valence-electron chi connectivity index (χ3n) is 2.54. The third-order valence-corrected chi connectivity index (χ3v) is 5.38. The van der Waals surface area contributed by atoms with Crippen molar-refractivity contribution >= 4 is 38.3 Å². The molecule has 0 aliphatic carbocycles. The van der Waals surface area contributed by atoms with Crippen molar-refractivity contribution in [2.45, 2.75) is 38.4 Å². The predicted molar refractivity (Wildman–Crippen MR) is 80.3 cm³/mol. The normalized spacial score (nSPS) is 15.6. The average Bonchev–Trinajstić information content (AvgIpc) is 2.14. The lowest BCUT2D eigenvalue weighted by atomic mass is 10.0. The molecule has 0 saturated carbocycles. The maximum Gasteiger partial charge on any atom is 0.0420 e. The van der Waals surface area contributed by atoms with Crippen molar-refractivity contribution in [3.63, 3.8) is 0 Å². The Morgan fingerprint density at radius 2 is 1.94 bits per heavy atom. The Morgan fingerprint density at radius 3 is 2.41 bits per heavy atom. The third kappa shape index (κ3) is 4.72. The van der Waals surface area contributed by atoms with Crippen LogP contribution in [0.4, 0.5) is 0 Å². The molecule has 4 heteroatoms. The minimum absolute atomic E-state index is 0.163. The van der Waals surface area contributed by atoms with Crippen LogP contribution in [0.25, 0.3) is 0 Å². The van der Waals surface area contributed by atoms with Gasteiger partial charge >= 0.3 is 0 Å². The minimum atomic E-state index is -0.840. The van der Waals surface area contributed by atoms with Gasteiger partial charge in [-0.2, -0.15) is 0 Å². The zero-order valence-electron chi connectivity index (χ0n) is 10.6. The van der Waals surface area contributed by atoms with E-state index < -0.39 is 10.8 Å². The Kier molecular flexibility index (Phi) is 5.23. The van der Waals surface area contributed by atoms with Crippen LogP contribution in [0.15, 0.2) is 22.7 Å². The summed E-state index contributed by atoms with van der Waals surface area (Å²) in [5.74, 6) is 0.904. The van der Waals surface area contributed by atoms with Crippen molar-refractivity contribution in [2.75, 3.05) is 5.75 Å². The molecule has 0 radical (unpaired) electrons. The van der Waals surface area contributed by atoms with E-state index in [1.165, 1.54) is 0 Å². The molecule has 0 aromatic heterocycles. The zero-order chi connectivity index (χ0) is 13.2. The van der Waals surface area contributed by atoms with Crippen LogP contribution >= 0.6 is 27.5 Å². The maximum atomic E-state index is 12.1. The zero-order valence-corrected chi connectivity index (χ0v) is 13.7.